The molecule has 4 heteroatoms. The predicted molar refractivity (Wildman–Crippen MR) is 86.2 cm³/mol. The maximum absolute atomic E-state index is 11.6. The van der Waals surface area contributed by atoms with Crippen LogP contribution in [-0.4, -0.2) is 31.4 Å². The number of ether oxygens (including phenoxy) is 1. The van der Waals surface area contributed by atoms with E-state index in [2.05, 4.69) is 37.4 Å². The number of aryl methyl sites for hydroxylation is 2. The maximum atomic E-state index is 11.6. The number of esters is 1. The van der Waals surface area contributed by atoms with Crippen LogP contribution in [0.2, 0.25) is 0 Å². The summed E-state index contributed by atoms with van der Waals surface area (Å²) < 4.78 is 5.03. The molecule has 0 spiro atoms. The fourth-order valence-electron chi connectivity index (χ4n) is 2.17. The highest BCUT2D eigenvalue weighted by Gasteiger charge is 2.16. The van der Waals surface area contributed by atoms with Crippen molar-refractivity contribution in [3.05, 3.63) is 34.9 Å². The molecule has 0 aliphatic rings. The Morgan fingerprint density at radius 2 is 1.95 bits per heavy atom. The van der Waals surface area contributed by atoms with Gasteiger partial charge in [0.15, 0.2) is 0 Å². The van der Waals surface area contributed by atoms with Gasteiger partial charge in [-0.2, -0.15) is 11.8 Å². The van der Waals surface area contributed by atoms with Gasteiger partial charge in [0.25, 0.3) is 0 Å². The molecule has 1 unspecified atom stereocenters. The first-order valence-corrected chi connectivity index (χ1v) is 8.21. The van der Waals surface area contributed by atoms with E-state index in [0.29, 0.717) is 6.61 Å². The Bertz CT molecular complexity index is 414. The Labute approximate surface area is 126 Å². The van der Waals surface area contributed by atoms with Crippen molar-refractivity contribution in [1.82, 2.24) is 5.32 Å². The zero-order valence-electron chi connectivity index (χ0n) is 12.9. The number of carbonyl (C=O) groups is 1. The molecule has 1 rings (SSSR count). The average molecular weight is 295 g/mol. The van der Waals surface area contributed by atoms with Crippen LogP contribution in [0.5, 0.6) is 0 Å². The first-order valence-electron chi connectivity index (χ1n) is 7.05. The van der Waals surface area contributed by atoms with E-state index in [0.717, 1.165) is 17.9 Å². The summed E-state index contributed by atoms with van der Waals surface area (Å²) in [5.41, 5.74) is 3.96. The Kier molecular flexibility index (Phi) is 7.70. The van der Waals surface area contributed by atoms with E-state index >= 15 is 0 Å². The van der Waals surface area contributed by atoms with Gasteiger partial charge in [0, 0.05) is 5.75 Å². The molecule has 0 aliphatic heterocycles. The quantitative estimate of drug-likeness (QED) is 0.591. The normalized spacial score (nSPS) is 12.2. The van der Waals surface area contributed by atoms with E-state index in [1.165, 1.54) is 16.7 Å². The molecule has 112 valence electrons. The summed E-state index contributed by atoms with van der Waals surface area (Å²) in [6.45, 7) is 6.52. The lowest BCUT2D eigenvalue weighted by Gasteiger charge is -2.14. The van der Waals surface area contributed by atoms with Gasteiger partial charge in [-0.25, -0.2) is 0 Å². The van der Waals surface area contributed by atoms with Crippen LogP contribution in [-0.2, 0) is 15.3 Å². The highest BCUT2D eigenvalue weighted by molar-refractivity contribution is 7.98. The number of thioether (sulfide) groups is 1. The van der Waals surface area contributed by atoms with Crippen molar-refractivity contribution in [3.8, 4) is 0 Å². The summed E-state index contributed by atoms with van der Waals surface area (Å²) in [5, 5.41) is 3.02. The van der Waals surface area contributed by atoms with Crippen molar-refractivity contribution in [3.63, 3.8) is 0 Å². The number of carbonyl (C=O) groups excluding carboxylic acids is 1. The summed E-state index contributed by atoms with van der Waals surface area (Å²) in [6, 6.07) is 6.44. The minimum absolute atomic E-state index is 0.151. The largest absolute Gasteiger partial charge is 0.465 e. The number of benzene rings is 1. The molecule has 0 bridgehead atoms. The van der Waals surface area contributed by atoms with Gasteiger partial charge >= 0.3 is 5.97 Å². The van der Waals surface area contributed by atoms with Gasteiger partial charge in [0.1, 0.15) is 6.04 Å². The second-order valence-corrected chi connectivity index (χ2v) is 6.04. The molecule has 0 saturated heterocycles. The molecule has 0 radical (unpaired) electrons. The standard InChI is InChI=1S/C16H25NO2S/c1-5-19-16(18)15(17-4)6-7-20-11-14-9-12(2)8-13(3)10-14/h8-10,15,17H,5-7,11H2,1-4H3. The second kappa shape index (κ2) is 9.03. The van der Waals surface area contributed by atoms with Crippen LogP contribution >= 0.6 is 11.8 Å². The summed E-state index contributed by atoms with van der Waals surface area (Å²) in [6.07, 6.45) is 0.796. The molecule has 0 amide bonds. The molecule has 0 heterocycles. The van der Waals surface area contributed by atoms with E-state index in [1.807, 2.05) is 18.7 Å². The molecular weight excluding hydrogens is 270 g/mol. The van der Waals surface area contributed by atoms with E-state index in [-0.39, 0.29) is 12.0 Å². The van der Waals surface area contributed by atoms with Gasteiger partial charge in [-0.05, 0) is 45.6 Å². The van der Waals surface area contributed by atoms with Gasteiger partial charge in [-0.3, -0.25) is 4.79 Å². The number of likely N-dealkylation sites (N-methyl/N-ethyl adjacent to an activating group) is 1. The number of nitrogens with one attached hydrogen (secondary N) is 1. The molecule has 0 fully saturated rings. The third kappa shape index (κ3) is 5.97. The van der Waals surface area contributed by atoms with Gasteiger partial charge in [0.2, 0.25) is 0 Å². The van der Waals surface area contributed by atoms with Crippen LogP contribution in [0.1, 0.15) is 30.0 Å². The lowest BCUT2D eigenvalue weighted by atomic mass is 10.1. The summed E-state index contributed by atoms with van der Waals surface area (Å²) in [5.74, 6) is 1.78. The molecule has 0 saturated carbocycles. The first-order chi connectivity index (χ1) is 9.56. The smallest absolute Gasteiger partial charge is 0.323 e. The highest BCUT2D eigenvalue weighted by Crippen LogP contribution is 2.17. The third-order valence-corrected chi connectivity index (χ3v) is 4.08. The number of hydrogen-bond donors (Lipinski definition) is 1. The zero-order valence-corrected chi connectivity index (χ0v) is 13.7. The van der Waals surface area contributed by atoms with Crippen molar-refractivity contribution in [1.29, 1.82) is 0 Å². The topological polar surface area (TPSA) is 38.3 Å². The Hall–Kier alpha value is -1.00. The molecule has 1 atom stereocenters. The molecule has 1 N–H and O–H groups in total. The van der Waals surface area contributed by atoms with Crippen LogP contribution in [0, 0.1) is 13.8 Å². The summed E-state index contributed by atoms with van der Waals surface area (Å²) >= 11 is 1.86. The van der Waals surface area contributed by atoms with Gasteiger partial charge < -0.3 is 10.1 Å². The molecule has 20 heavy (non-hydrogen) atoms. The van der Waals surface area contributed by atoms with E-state index in [4.69, 9.17) is 4.74 Å². The van der Waals surface area contributed by atoms with Crippen LogP contribution in [0.3, 0.4) is 0 Å². The van der Waals surface area contributed by atoms with Crippen molar-refractivity contribution in [2.45, 2.75) is 39.0 Å². The first kappa shape index (κ1) is 17.1. The summed E-state index contributed by atoms with van der Waals surface area (Å²) in [4.78, 5) is 11.6. The van der Waals surface area contributed by atoms with E-state index in [9.17, 15) is 4.79 Å². The molecular formula is C16H25NO2S. The molecule has 1 aromatic rings. The van der Waals surface area contributed by atoms with Crippen molar-refractivity contribution < 1.29 is 9.53 Å². The Morgan fingerprint density at radius 1 is 1.30 bits per heavy atom. The van der Waals surface area contributed by atoms with Gasteiger partial charge in [-0.15, -0.1) is 0 Å². The predicted octanol–water partition coefficient (Wildman–Crippen LogP) is 3.08. The minimum Gasteiger partial charge on any atom is -0.465 e. The van der Waals surface area contributed by atoms with E-state index in [1.54, 1.807) is 7.05 Å². The SMILES string of the molecule is CCOC(=O)C(CCSCc1cc(C)cc(C)c1)NC. The lowest BCUT2D eigenvalue weighted by Crippen LogP contribution is -2.36. The van der Waals surface area contributed by atoms with Crippen molar-refractivity contribution in [2.75, 3.05) is 19.4 Å². The highest BCUT2D eigenvalue weighted by atomic mass is 32.2. The lowest BCUT2D eigenvalue weighted by molar-refractivity contribution is -0.145. The fraction of sp³-hybridized carbons (Fsp3) is 0.562. The van der Waals surface area contributed by atoms with Crippen LogP contribution in [0.4, 0.5) is 0 Å². The second-order valence-electron chi connectivity index (χ2n) is 4.93. The molecule has 1 aromatic carbocycles. The molecule has 3 nitrogen and oxygen atoms in total. The van der Waals surface area contributed by atoms with E-state index < -0.39 is 0 Å². The Morgan fingerprint density at radius 3 is 2.50 bits per heavy atom. The third-order valence-electron chi connectivity index (χ3n) is 3.02. The Balaban J connectivity index is 2.34. The molecule has 0 aromatic heterocycles. The maximum Gasteiger partial charge on any atom is 0.323 e. The van der Waals surface area contributed by atoms with Gasteiger partial charge in [-0.1, -0.05) is 29.3 Å². The average Bonchev–Trinajstić information content (AvgIpc) is 2.38. The van der Waals surface area contributed by atoms with Crippen LogP contribution in [0.15, 0.2) is 18.2 Å². The number of rotatable bonds is 8. The van der Waals surface area contributed by atoms with Gasteiger partial charge in [0.05, 0.1) is 6.61 Å². The van der Waals surface area contributed by atoms with Crippen molar-refractivity contribution in [2.24, 2.45) is 0 Å². The zero-order chi connectivity index (χ0) is 15.0. The minimum atomic E-state index is -0.193. The van der Waals surface area contributed by atoms with Crippen molar-refractivity contribution >= 4 is 17.7 Å². The van der Waals surface area contributed by atoms with Crippen LogP contribution < -0.4 is 5.32 Å². The number of hydrogen-bond acceptors (Lipinski definition) is 4. The summed E-state index contributed by atoms with van der Waals surface area (Å²) in [7, 11) is 1.80. The fourth-order valence-corrected chi connectivity index (χ4v) is 3.12. The molecule has 0 aliphatic carbocycles. The van der Waals surface area contributed by atoms with Crippen LogP contribution in [0.25, 0.3) is 0 Å². The monoisotopic (exact) mass is 295 g/mol.